The number of aromatic nitrogens is 2. The van der Waals surface area contributed by atoms with E-state index in [-0.39, 0.29) is 12.2 Å². The standard InChI is InChI=1S/C11H17N4O2/c1-7(16)11(2,3)15-10(17)9(12)4-8-5-13-6-14-8/h5-6,9,12H,4H2,1-3H3,(H,13,14)(H,15,17)/t9-/m0/s1. The molecule has 1 atom stereocenters. The largest absolute Gasteiger partial charge is 0.348 e. The van der Waals surface area contributed by atoms with Gasteiger partial charge in [-0.25, -0.2) is 10.7 Å². The number of amides is 1. The lowest BCUT2D eigenvalue weighted by molar-refractivity contribution is -0.130. The van der Waals surface area contributed by atoms with Crippen molar-refractivity contribution < 1.29 is 9.59 Å². The molecule has 1 heterocycles. The molecule has 1 radical (unpaired) electrons. The number of carbonyl (C=O) groups is 2. The molecule has 0 fully saturated rings. The summed E-state index contributed by atoms with van der Waals surface area (Å²) in [6.07, 6.45) is 3.32. The molecule has 1 amide bonds. The molecule has 0 aliphatic carbocycles. The van der Waals surface area contributed by atoms with Gasteiger partial charge in [0.15, 0.2) is 5.78 Å². The van der Waals surface area contributed by atoms with Crippen molar-refractivity contribution in [2.75, 3.05) is 0 Å². The Morgan fingerprint density at radius 1 is 1.59 bits per heavy atom. The molecule has 0 unspecified atom stereocenters. The van der Waals surface area contributed by atoms with Crippen molar-refractivity contribution in [3.8, 4) is 0 Å². The van der Waals surface area contributed by atoms with E-state index < -0.39 is 17.5 Å². The van der Waals surface area contributed by atoms with Gasteiger partial charge in [0.05, 0.1) is 11.9 Å². The molecule has 93 valence electrons. The number of rotatable bonds is 5. The normalized spacial score (nSPS) is 13.2. The molecule has 1 aromatic heterocycles. The van der Waals surface area contributed by atoms with E-state index in [4.69, 9.17) is 5.73 Å². The first-order valence-electron chi connectivity index (χ1n) is 5.34. The van der Waals surface area contributed by atoms with Crippen LogP contribution >= 0.6 is 0 Å². The highest BCUT2D eigenvalue weighted by Gasteiger charge is 2.28. The molecule has 0 aliphatic heterocycles. The van der Waals surface area contributed by atoms with Crippen molar-refractivity contribution in [3.05, 3.63) is 18.2 Å². The topological polar surface area (TPSA) is 98.7 Å². The second-order valence-corrected chi connectivity index (χ2v) is 4.50. The number of ketones is 1. The van der Waals surface area contributed by atoms with Gasteiger partial charge < -0.3 is 10.3 Å². The third kappa shape index (κ3) is 3.67. The maximum Gasteiger partial charge on any atom is 0.239 e. The number of H-pyrrole nitrogens is 1. The van der Waals surface area contributed by atoms with Gasteiger partial charge in [0.25, 0.3) is 0 Å². The summed E-state index contributed by atoms with van der Waals surface area (Å²) >= 11 is 0. The fourth-order valence-electron chi connectivity index (χ4n) is 1.19. The number of hydrogen-bond donors (Lipinski definition) is 2. The molecule has 0 aliphatic rings. The Morgan fingerprint density at radius 3 is 2.71 bits per heavy atom. The molecule has 0 bridgehead atoms. The lowest BCUT2D eigenvalue weighted by atomic mass is 9.99. The summed E-state index contributed by atoms with van der Waals surface area (Å²) in [6.45, 7) is 4.65. The molecule has 17 heavy (non-hydrogen) atoms. The lowest BCUT2D eigenvalue weighted by Gasteiger charge is -2.24. The van der Waals surface area contributed by atoms with E-state index in [0.717, 1.165) is 5.69 Å². The highest BCUT2D eigenvalue weighted by molar-refractivity contribution is 5.92. The molecule has 3 N–H and O–H groups in total. The van der Waals surface area contributed by atoms with Gasteiger partial charge in [-0.05, 0) is 20.8 Å². The smallest absolute Gasteiger partial charge is 0.239 e. The van der Waals surface area contributed by atoms with Crippen LogP contribution in [0.4, 0.5) is 0 Å². The van der Waals surface area contributed by atoms with Crippen LogP contribution in [0.1, 0.15) is 26.5 Å². The number of Topliss-reactive ketones (excluding diaryl/α,β-unsaturated/α-hetero) is 1. The summed E-state index contributed by atoms with van der Waals surface area (Å²) in [5, 5.41) is 2.56. The fourth-order valence-corrected chi connectivity index (χ4v) is 1.19. The molecule has 1 rings (SSSR count). The minimum Gasteiger partial charge on any atom is -0.348 e. The quantitative estimate of drug-likeness (QED) is 0.759. The van der Waals surface area contributed by atoms with E-state index >= 15 is 0 Å². The van der Waals surface area contributed by atoms with E-state index in [1.807, 2.05) is 0 Å². The third-order valence-corrected chi connectivity index (χ3v) is 2.61. The lowest BCUT2D eigenvalue weighted by Crippen LogP contribution is -2.52. The van der Waals surface area contributed by atoms with Crippen molar-refractivity contribution in [1.82, 2.24) is 21.0 Å². The second kappa shape index (κ2) is 5.09. The Kier molecular flexibility index (Phi) is 4.01. The molecule has 6 heteroatoms. The van der Waals surface area contributed by atoms with Crippen molar-refractivity contribution >= 4 is 11.7 Å². The monoisotopic (exact) mass is 237 g/mol. The predicted octanol–water partition coefficient (Wildman–Crippen LogP) is 0.0875. The van der Waals surface area contributed by atoms with Gasteiger partial charge in [0.2, 0.25) is 5.91 Å². The molecule has 6 nitrogen and oxygen atoms in total. The minimum atomic E-state index is -0.950. The van der Waals surface area contributed by atoms with Crippen LogP contribution in [0.5, 0.6) is 0 Å². The van der Waals surface area contributed by atoms with E-state index in [0.29, 0.717) is 0 Å². The maximum atomic E-state index is 11.7. The number of aromatic amines is 1. The van der Waals surface area contributed by atoms with Crippen molar-refractivity contribution in [2.24, 2.45) is 0 Å². The Labute approximate surface area is 100.0 Å². The van der Waals surface area contributed by atoms with Crippen molar-refractivity contribution in [1.29, 1.82) is 0 Å². The molecule has 0 saturated carbocycles. The first kappa shape index (κ1) is 13.4. The van der Waals surface area contributed by atoms with Crippen LogP contribution in [0.25, 0.3) is 0 Å². The van der Waals surface area contributed by atoms with Crippen molar-refractivity contribution in [3.63, 3.8) is 0 Å². The van der Waals surface area contributed by atoms with Gasteiger partial charge in [0.1, 0.15) is 6.04 Å². The first-order chi connectivity index (χ1) is 7.83. The minimum absolute atomic E-state index is 0.139. The number of imidazole rings is 1. The van der Waals surface area contributed by atoms with Crippen LogP contribution in [0.15, 0.2) is 12.5 Å². The van der Waals surface area contributed by atoms with Crippen LogP contribution in [0.3, 0.4) is 0 Å². The summed E-state index contributed by atoms with van der Waals surface area (Å²) in [5.74, 6) is -0.598. The maximum absolute atomic E-state index is 11.7. The Morgan fingerprint density at radius 2 is 2.24 bits per heavy atom. The molecular formula is C11H17N4O2. The molecule has 1 aromatic rings. The Balaban J connectivity index is 2.56. The molecule has 0 spiro atoms. The highest BCUT2D eigenvalue weighted by Crippen LogP contribution is 2.05. The van der Waals surface area contributed by atoms with Crippen LogP contribution in [-0.4, -0.2) is 33.2 Å². The van der Waals surface area contributed by atoms with E-state index in [1.165, 1.54) is 13.3 Å². The molecule has 0 saturated heterocycles. The van der Waals surface area contributed by atoms with Crippen LogP contribution in [0.2, 0.25) is 0 Å². The third-order valence-electron chi connectivity index (χ3n) is 2.61. The van der Waals surface area contributed by atoms with Gasteiger partial charge in [-0.2, -0.15) is 0 Å². The number of carbonyl (C=O) groups excluding carboxylic acids is 2. The van der Waals surface area contributed by atoms with Gasteiger partial charge in [-0.1, -0.05) is 0 Å². The Bertz CT molecular complexity index is 398. The Hall–Kier alpha value is -1.69. The zero-order chi connectivity index (χ0) is 13.1. The summed E-state index contributed by atoms with van der Waals surface area (Å²) in [7, 11) is 0. The number of nitrogens with zero attached hydrogens (tertiary/aromatic N) is 1. The van der Waals surface area contributed by atoms with Gasteiger partial charge in [0, 0.05) is 18.3 Å². The average Bonchev–Trinajstić information content (AvgIpc) is 2.69. The van der Waals surface area contributed by atoms with Gasteiger partial charge in [-0.3, -0.25) is 9.59 Å². The van der Waals surface area contributed by atoms with Crippen molar-refractivity contribution in [2.45, 2.75) is 38.8 Å². The van der Waals surface area contributed by atoms with E-state index in [2.05, 4.69) is 15.3 Å². The number of hydrogen-bond acceptors (Lipinski definition) is 3. The second-order valence-electron chi connectivity index (χ2n) is 4.50. The summed E-state index contributed by atoms with van der Waals surface area (Å²) in [5.41, 5.74) is 7.50. The van der Waals surface area contributed by atoms with E-state index in [1.54, 1.807) is 20.0 Å². The first-order valence-corrected chi connectivity index (χ1v) is 5.34. The van der Waals surface area contributed by atoms with Gasteiger partial charge in [-0.15, -0.1) is 0 Å². The van der Waals surface area contributed by atoms with Gasteiger partial charge >= 0.3 is 0 Å². The highest BCUT2D eigenvalue weighted by atomic mass is 16.2. The summed E-state index contributed by atoms with van der Waals surface area (Å²) < 4.78 is 0. The summed E-state index contributed by atoms with van der Waals surface area (Å²) in [6, 6.07) is -0.950. The van der Waals surface area contributed by atoms with E-state index in [9.17, 15) is 9.59 Å². The predicted molar refractivity (Wildman–Crippen MR) is 62.1 cm³/mol. The van der Waals surface area contributed by atoms with Crippen LogP contribution in [-0.2, 0) is 16.0 Å². The van der Waals surface area contributed by atoms with Crippen LogP contribution in [0, 0.1) is 0 Å². The molecular weight excluding hydrogens is 220 g/mol. The zero-order valence-electron chi connectivity index (χ0n) is 10.2. The summed E-state index contributed by atoms with van der Waals surface area (Å²) in [4.78, 5) is 29.6. The number of nitrogens with one attached hydrogen (secondary N) is 3. The molecule has 0 aromatic carbocycles. The fraction of sp³-hybridized carbons (Fsp3) is 0.545. The SMILES string of the molecule is CC(=O)C(C)(C)NC(=O)[C@@H]([NH])Cc1cnc[nH]1. The van der Waals surface area contributed by atoms with Crippen LogP contribution < -0.4 is 11.1 Å². The average molecular weight is 237 g/mol. The zero-order valence-corrected chi connectivity index (χ0v) is 10.2.